The second-order valence-electron chi connectivity index (χ2n) is 7.61. The molecule has 1 N–H and O–H groups in total. The van der Waals surface area contributed by atoms with Crippen LogP contribution >= 0.6 is 0 Å². The largest absolute Gasteiger partial charge is 0.352 e. The number of pyridine rings is 1. The van der Waals surface area contributed by atoms with Gasteiger partial charge in [-0.1, -0.05) is 31.1 Å². The number of carbonyl (C=O) groups is 1. The Morgan fingerprint density at radius 1 is 1.21 bits per heavy atom. The van der Waals surface area contributed by atoms with Gasteiger partial charge in [-0.25, -0.2) is 9.97 Å². The Bertz CT molecular complexity index is 1190. The third-order valence-electron chi connectivity index (χ3n) is 5.16. The van der Waals surface area contributed by atoms with Crippen molar-refractivity contribution in [3.05, 3.63) is 53.1 Å². The van der Waals surface area contributed by atoms with Crippen LogP contribution in [0.4, 0.5) is 0 Å². The molecule has 0 saturated carbocycles. The predicted octanol–water partition coefficient (Wildman–Crippen LogP) is 4.13. The van der Waals surface area contributed by atoms with E-state index in [4.69, 9.17) is 4.52 Å². The highest BCUT2D eigenvalue weighted by molar-refractivity contribution is 6.06. The fourth-order valence-electron chi connectivity index (χ4n) is 3.60. The highest BCUT2D eigenvalue weighted by atomic mass is 16.5. The molecule has 7 heteroatoms. The monoisotopic (exact) mass is 391 g/mol. The van der Waals surface area contributed by atoms with Crippen LogP contribution in [0.15, 0.2) is 34.9 Å². The van der Waals surface area contributed by atoms with Crippen molar-refractivity contribution in [2.24, 2.45) is 0 Å². The van der Waals surface area contributed by atoms with Gasteiger partial charge >= 0.3 is 0 Å². The third kappa shape index (κ3) is 3.60. The van der Waals surface area contributed by atoms with E-state index in [1.165, 1.54) is 0 Å². The van der Waals surface area contributed by atoms with Crippen molar-refractivity contribution in [2.45, 2.75) is 46.6 Å². The molecule has 0 fully saturated rings. The van der Waals surface area contributed by atoms with Gasteiger partial charge in [0.1, 0.15) is 5.82 Å². The van der Waals surface area contributed by atoms with Crippen LogP contribution in [0.3, 0.4) is 0 Å². The average Bonchev–Trinajstić information content (AvgIpc) is 3.23. The van der Waals surface area contributed by atoms with E-state index in [2.05, 4.69) is 31.1 Å². The van der Waals surface area contributed by atoms with E-state index in [0.717, 1.165) is 35.5 Å². The Morgan fingerprint density at radius 2 is 2.00 bits per heavy atom. The standard InChI is InChI=1S/C22H25N5O2/c1-13(2)18-12-16(20-14(3)26-29-22(20)25-18)21(28)23-10-7-11-27-15(4)24-17-8-5-6-9-19(17)27/h5-6,8-9,12-13H,7,10-11H2,1-4H3,(H,23,28). The smallest absolute Gasteiger partial charge is 0.259 e. The molecule has 0 aliphatic rings. The molecule has 1 aromatic carbocycles. The maximum absolute atomic E-state index is 12.9. The van der Waals surface area contributed by atoms with Crippen molar-refractivity contribution in [3.63, 3.8) is 0 Å². The Balaban J connectivity index is 1.47. The van der Waals surface area contributed by atoms with Crippen molar-refractivity contribution in [3.8, 4) is 0 Å². The van der Waals surface area contributed by atoms with Crippen LogP contribution in [0.5, 0.6) is 0 Å². The first kappa shape index (κ1) is 19.1. The zero-order valence-corrected chi connectivity index (χ0v) is 17.2. The van der Waals surface area contributed by atoms with Crippen LogP contribution in [0.2, 0.25) is 0 Å². The van der Waals surface area contributed by atoms with Crippen LogP contribution in [0, 0.1) is 13.8 Å². The summed E-state index contributed by atoms with van der Waals surface area (Å²) in [6.07, 6.45) is 0.806. The normalized spacial score (nSPS) is 11.6. The SMILES string of the molecule is Cc1noc2nc(C(C)C)cc(C(=O)NCCCn3c(C)nc4ccccc43)c12. The minimum Gasteiger partial charge on any atom is -0.352 e. The summed E-state index contributed by atoms with van der Waals surface area (Å²) in [4.78, 5) is 22.0. The summed E-state index contributed by atoms with van der Waals surface area (Å²) >= 11 is 0. The fourth-order valence-corrected chi connectivity index (χ4v) is 3.60. The first-order valence-corrected chi connectivity index (χ1v) is 9.92. The van der Waals surface area contributed by atoms with Crippen molar-refractivity contribution >= 4 is 28.0 Å². The first-order valence-electron chi connectivity index (χ1n) is 9.92. The van der Waals surface area contributed by atoms with Gasteiger partial charge in [-0.05, 0) is 44.4 Å². The highest BCUT2D eigenvalue weighted by Crippen LogP contribution is 2.25. The molecule has 3 aromatic heterocycles. The maximum Gasteiger partial charge on any atom is 0.259 e. The Morgan fingerprint density at radius 3 is 2.79 bits per heavy atom. The summed E-state index contributed by atoms with van der Waals surface area (Å²) in [5, 5.41) is 7.70. The third-order valence-corrected chi connectivity index (χ3v) is 5.16. The summed E-state index contributed by atoms with van der Waals surface area (Å²) in [5.41, 5.74) is 4.60. The molecule has 1 amide bonds. The van der Waals surface area contributed by atoms with Crippen LogP contribution in [-0.4, -0.2) is 32.1 Å². The molecule has 0 radical (unpaired) electrons. The van der Waals surface area contributed by atoms with E-state index >= 15 is 0 Å². The molecule has 150 valence electrons. The second kappa shape index (κ2) is 7.66. The molecule has 4 rings (SSSR count). The lowest BCUT2D eigenvalue weighted by Crippen LogP contribution is -2.26. The molecule has 3 heterocycles. The number of carbonyl (C=O) groups excluding carboxylic acids is 1. The number of aryl methyl sites for hydroxylation is 3. The van der Waals surface area contributed by atoms with Crippen LogP contribution < -0.4 is 5.32 Å². The second-order valence-corrected chi connectivity index (χ2v) is 7.61. The Hall–Kier alpha value is -3.22. The molecular formula is C22H25N5O2. The minimum absolute atomic E-state index is 0.127. The van der Waals surface area contributed by atoms with Gasteiger partial charge in [0.2, 0.25) is 0 Å². The van der Waals surface area contributed by atoms with E-state index in [1.807, 2.05) is 52.0 Å². The maximum atomic E-state index is 12.9. The zero-order chi connectivity index (χ0) is 20.5. The molecule has 0 spiro atoms. The topological polar surface area (TPSA) is 85.8 Å². The van der Waals surface area contributed by atoms with E-state index in [9.17, 15) is 4.79 Å². The Labute approximate surface area is 169 Å². The molecule has 0 aliphatic heterocycles. The summed E-state index contributed by atoms with van der Waals surface area (Å²) in [5.74, 6) is 1.04. The molecule has 0 aliphatic carbocycles. The molecular weight excluding hydrogens is 366 g/mol. The molecule has 29 heavy (non-hydrogen) atoms. The number of imidazole rings is 1. The lowest BCUT2D eigenvalue weighted by Gasteiger charge is -2.10. The lowest BCUT2D eigenvalue weighted by atomic mass is 10.0. The number of hydrogen-bond donors (Lipinski definition) is 1. The molecule has 0 saturated heterocycles. The number of hydrogen-bond acceptors (Lipinski definition) is 5. The number of rotatable bonds is 6. The lowest BCUT2D eigenvalue weighted by molar-refractivity contribution is 0.0954. The summed E-state index contributed by atoms with van der Waals surface area (Å²) < 4.78 is 7.50. The number of benzene rings is 1. The molecule has 0 atom stereocenters. The van der Waals surface area contributed by atoms with Gasteiger partial charge < -0.3 is 14.4 Å². The Kier molecular flexibility index (Phi) is 5.05. The number of para-hydroxylation sites is 2. The van der Waals surface area contributed by atoms with E-state index in [0.29, 0.717) is 28.9 Å². The predicted molar refractivity (Wildman–Crippen MR) is 112 cm³/mol. The van der Waals surface area contributed by atoms with Crippen molar-refractivity contribution in [1.29, 1.82) is 0 Å². The highest BCUT2D eigenvalue weighted by Gasteiger charge is 2.19. The molecule has 0 unspecified atom stereocenters. The van der Waals surface area contributed by atoms with Crippen molar-refractivity contribution in [2.75, 3.05) is 6.54 Å². The number of fused-ring (bicyclic) bond motifs is 2. The van der Waals surface area contributed by atoms with Crippen LogP contribution in [-0.2, 0) is 6.54 Å². The van der Waals surface area contributed by atoms with Crippen LogP contribution in [0.1, 0.15) is 53.8 Å². The van der Waals surface area contributed by atoms with Gasteiger partial charge in [0.15, 0.2) is 0 Å². The first-order chi connectivity index (χ1) is 14.0. The van der Waals surface area contributed by atoms with Crippen LogP contribution in [0.25, 0.3) is 22.1 Å². The van der Waals surface area contributed by atoms with Gasteiger partial charge in [-0.2, -0.15) is 0 Å². The van der Waals surface area contributed by atoms with E-state index in [1.54, 1.807) is 0 Å². The van der Waals surface area contributed by atoms with Gasteiger partial charge in [0.25, 0.3) is 11.6 Å². The van der Waals surface area contributed by atoms with Gasteiger partial charge in [0.05, 0.1) is 27.7 Å². The van der Waals surface area contributed by atoms with E-state index < -0.39 is 0 Å². The number of aromatic nitrogens is 4. The summed E-state index contributed by atoms with van der Waals surface area (Å²) in [6, 6.07) is 9.95. The van der Waals surface area contributed by atoms with Gasteiger partial charge in [-0.3, -0.25) is 4.79 Å². The van der Waals surface area contributed by atoms with E-state index in [-0.39, 0.29) is 11.8 Å². The number of amides is 1. The van der Waals surface area contributed by atoms with Gasteiger partial charge in [-0.15, -0.1) is 0 Å². The quantitative estimate of drug-likeness (QED) is 0.499. The van der Waals surface area contributed by atoms with Gasteiger partial charge in [0, 0.05) is 18.8 Å². The van der Waals surface area contributed by atoms with Crippen molar-refractivity contribution in [1.82, 2.24) is 25.0 Å². The molecule has 0 bridgehead atoms. The number of nitrogens with zero attached hydrogens (tertiary/aromatic N) is 4. The fraction of sp³-hybridized carbons (Fsp3) is 0.364. The average molecular weight is 391 g/mol. The number of nitrogens with one attached hydrogen (secondary N) is 1. The zero-order valence-electron chi connectivity index (χ0n) is 17.2. The van der Waals surface area contributed by atoms with Crippen molar-refractivity contribution < 1.29 is 9.32 Å². The molecule has 7 nitrogen and oxygen atoms in total. The summed E-state index contributed by atoms with van der Waals surface area (Å²) in [7, 11) is 0. The molecule has 4 aromatic rings. The summed E-state index contributed by atoms with van der Waals surface area (Å²) in [6.45, 7) is 9.27. The minimum atomic E-state index is -0.127.